The number of carbonyl (C=O) groups excluding carboxylic acids is 1. The van der Waals surface area contributed by atoms with Crippen molar-refractivity contribution in [3.8, 4) is 0 Å². The zero-order valence-electron chi connectivity index (χ0n) is 17.7. The number of aromatic nitrogens is 2. The molecule has 0 bridgehead atoms. The molecule has 2 aromatic heterocycles. The molecule has 2 aliphatic rings. The van der Waals surface area contributed by atoms with Crippen LogP contribution in [0.2, 0.25) is 0 Å². The van der Waals surface area contributed by atoms with Crippen molar-refractivity contribution in [2.24, 2.45) is 0 Å². The lowest BCUT2D eigenvalue weighted by Crippen LogP contribution is -2.29. The number of carbonyl (C=O) groups is 1. The Morgan fingerprint density at radius 3 is 3.00 bits per heavy atom. The highest BCUT2D eigenvalue weighted by Crippen LogP contribution is 2.33. The van der Waals surface area contributed by atoms with E-state index in [1.807, 2.05) is 19.1 Å². The van der Waals surface area contributed by atoms with Gasteiger partial charge in [0.15, 0.2) is 0 Å². The number of unbranched alkanes of at least 4 members (excludes halogenated alkanes) is 1. The van der Waals surface area contributed by atoms with Crippen LogP contribution in [0.5, 0.6) is 0 Å². The molecule has 2 fully saturated rings. The van der Waals surface area contributed by atoms with E-state index < -0.39 is 0 Å². The molecule has 2 aliphatic heterocycles. The number of ether oxygens (including phenoxy) is 1. The van der Waals surface area contributed by atoms with Gasteiger partial charge in [-0.2, -0.15) is 0 Å². The summed E-state index contributed by atoms with van der Waals surface area (Å²) in [5.41, 5.74) is 1.63. The van der Waals surface area contributed by atoms with Crippen molar-refractivity contribution in [2.45, 2.75) is 45.6 Å². The summed E-state index contributed by atoms with van der Waals surface area (Å²) in [7, 11) is 0. The van der Waals surface area contributed by atoms with Crippen LogP contribution in [-0.2, 0) is 9.53 Å². The average Bonchev–Trinajstić information content (AvgIpc) is 3.36. The molecule has 0 saturated carbocycles. The summed E-state index contributed by atoms with van der Waals surface area (Å²) in [6, 6.07) is 3.74. The van der Waals surface area contributed by atoms with E-state index >= 15 is 0 Å². The minimum Gasteiger partial charge on any atom is -0.376 e. The number of nitrogens with zero attached hydrogens (tertiary/aromatic N) is 3. The fourth-order valence-corrected chi connectivity index (χ4v) is 5.02. The molecular weight excluding hydrogens is 432 g/mol. The van der Waals surface area contributed by atoms with Crippen molar-refractivity contribution >= 4 is 51.7 Å². The minimum absolute atomic E-state index is 0.0947. The topological polar surface area (TPSA) is 75.9 Å². The zero-order valence-corrected chi connectivity index (χ0v) is 19.4. The molecule has 164 valence electrons. The van der Waals surface area contributed by atoms with Gasteiger partial charge in [-0.1, -0.05) is 43.4 Å². The van der Waals surface area contributed by atoms with Gasteiger partial charge in [0.2, 0.25) is 0 Å². The molecule has 1 unspecified atom stereocenters. The third kappa shape index (κ3) is 4.53. The number of nitrogens with one attached hydrogen (secondary N) is 1. The number of thiocarbonyl (C=S) groups is 1. The summed E-state index contributed by atoms with van der Waals surface area (Å²) in [6.45, 7) is 5.91. The number of rotatable bonds is 7. The van der Waals surface area contributed by atoms with Gasteiger partial charge in [-0.25, -0.2) is 4.98 Å². The summed E-state index contributed by atoms with van der Waals surface area (Å²) in [4.78, 5) is 33.1. The van der Waals surface area contributed by atoms with Gasteiger partial charge in [-0.3, -0.25) is 18.9 Å². The third-order valence-corrected chi connectivity index (χ3v) is 6.87. The van der Waals surface area contributed by atoms with Crippen LogP contribution in [0.1, 0.15) is 43.7 Å². The van der Waals surface area contributed by atoms with Gasteiger partial charge in [-0.05, 0) is 43.9 Å². The van der Waals surface area contributed by atoms with Gasteiger partial charge in [0.05, 0.1) is 16.6 Å². The van der Waals surface area contributed by atoms with E-state index in [4.69, 9.17) is 21.9 Å². The van der Waals surface area contributed by atoms with Crippen LogP contribution in [-0.4, -0.2) is 50.3 Å². The lowest BCUT2D eigenvalue weighted by Gasteiger charge is -2.15. The number of hydrogen-bond donors (Lipinski definition) is 1. The SMILES string of the molecule is CCCCN1C(=O)/C(=C/c2c(NCC3CCCO3)nc3c(C)cccn3c2=O)SC1=S. The molecule has 7 nitrogen and oxygen atoms in total. The van der Waals surface area contributed by atoms with Crippen LogP contribution in [0.25, 0.3) is 11.7 Å². The van der Waals surface area contributed by atoms with E-state index in [1.165, 1.54) is 16.2 Å². The molecule has 4 rings (SSSR count). The number of thioether (sulfide) groups is 1. The highest BCUT2D eigenvalue weighted by atomic mass is 32.2. The van der Waals surface area contributed by atoms with Gasteiger partial charge in [0.1, 0.15) is 15.8 Å². The van der Waals surface area contributed by atoms with Crippen molar-refractivity contribution in [3.05, 3.63) is 44.7 Å². The van der Waals surface area contributed by atoms with Crippen molar-refractivity contribution in [1.82, 2.24) is 14.3 Å². The summed E-state index contributed by atoms with van der Waals surface area (Å²) in [5, 5.41) is 3.30. The molecule has 1 N–H and O–H groups in total. The van der Waals surface area contributed by atoms with E-state index in [9.17, 15) is 9.59 Å². The van der Waals surface area contributed by atoms with Gasteiger partial charge >= 0.3 is 0 Å². The normalized spacial score (nSPS) is 20.4. The predicted octanol–water partition coefficient (Wildman–Crippen LogP) is 3.60. The van der Waals surface area contributed by atoms with Crippen LogP contribution in [0.4, 0.5) is 5.82 Å². The number of aryl methyl sites for hydroxylation is 1. The van der Waals surface area contributed by atoms with E-state index in [2.05, 4.69) is 12.2 Å². The van der Waals surface area contributed by atoms with Gasteiger partial charge in [-0.15, -0.1) is 0 Å². The smallest absolute Gasteiger partial charge is 0.267 e. The van der Waals surface area contributed by atoms with Crippen molar-refractivity contribution in [3.63, 3.8) is 0 Å². The lowest BCUT2D eigenvalue weighted by molar-refractivity contribution is -0.122. The molecule has 2 aromatic rings. The number of fused-ring (bicyclic) bond motifs is 1. The third-order valence-electron chi connectivity index (χ3n) is 5.49. The van der Waals surface area contributed by atoms with Gasteiger partial charge in [0, 0.05) is 25.9 Å². The summed E-state index contributed by atoms with van der Waals surface area (Å²) >= 11 is 6.64. The van der Waals surface area contributed by atoms with Crippen LogP contribution < -0.4 is 10.9 Å². The molecule has 31 heavy (non-hydrogen) atoms. The fraction of sp³-hybridized carbons (Fsp3) is 0.455. The van der Waals surface area contributed by atoms with Crippen molar-refractivity contribution < 1.29 is 9.53 Å². The lowest BCUT2D eigenvalue weighted by atomic mass is 10.2. The molecule has 2 saturated heterocycles. The predicted molar refractivity (Wildman–Crippen MR) is 128 cm³/mol. The molecule has 9 heteroatoms. The van der Waals surface area contributed by atoms with E-state index in [0.717, 1.165) is 37.9 Å². The Labute approximate surface area is 190 Å². The first-order valence-electron chi connectivity index (χ1n) is 10.6. The summed E-state index contributed by atoms with van der Waals surface area (Å²) < 4.78 is 7.76. The van der Waals surface area contributed by atoms with Crippen LogP contribution >= 0.6 is 24.0 Å². The molecular formula is C22H26N4O3S2. The number of anilines is 1. The second-order valence-electron chi connectivity index (χ2n) is 7.77. The molecule has 0 radical (unpaired) electrons. The summed E-state index contributed by atoms with van der Waals surface area (Å²) in [6.07, 6.45) is 7.29. The summed E-state index contributed by atoms with van der Waals surface area (Å²) in [5.74, 6) is 0.316. The molecule has 1 atom stereocenters. The maximum Gasteiger partial charge on any atom is 0.267 e. The van der Waals surface area contributed by atoms with Crippen LogP contribution in [0, 0.1) is 6.92 Å². The Morgan fingerprint density at radius 2 is 2.26 bits per heavy atom. The Bertz CT molecular complexity index is 1110. The number of pyridine rings is 1. The van der Waals surface area contributed by atoms with Crippen LogP contribution in [0.15, 0.2) is 28.0 Å². The molecule has 0 spiro atoms. The van der Waals surface area contributed by atoms with E-state index in [-0.39, 0.29) is 17.6 Å². The molecule has 0 aromatic carbocycles. The zero-order chi connectivity index (χ0) is 22.0. The van der Waals surface area contributed by atoms with E-state index in [0.29, 0.717) is 39.3 Å². The number of hydrogen-bond acceptors (Lipinski definition) is 7. The molecule has 1 amide bonds. The van der Waals surface area contributed by atoms with Crippen LogP contribution in [0.3, 0.4) is 0 Å². The largest absolute Gasteiger partial charge is 0.376 e. The first-order chi connectivity index (χ1) is 15.0. The molecule has 0 aliphatic carbocycles. The van der Waals surface area contributed by atoms with Gasteiger partial charge in [0.25, 0.3) is 11.5 Å². The van der Waals surface area contributed by atoms with E-state index in [1.54, 1.807) is 17.2 Å². The first-order valence-corrected chi connectivity index (χ1v) is 11.8. The quantitative estimate of drug-likeness (QED) is 0.502. The standard InChI is InChI=1S/C22H26N4O3S2/c1-3-4-9-26-21(28)17(31-22(26)30)12-16-18(23-13-15-8-6-11-29-15)24-19-14(2)7-5-10-25(19)20(16)27/h5,7,10,12,15,23H,3-4,6,8-9,11,13H2,1-2H3/b17-12-. The monoisotopic (exact) mass is 458 g/mol. The Morgan fingerprint density at radius 1 is 1.42 bits per heavy atom. The van der Waals surface area contributed by atoms with Gasteiger partial charge < -0.3 is 10.1 Å². The molecule has 4 heterocycles. The highest BCUT2D eigenvalue weighted by molar-refractivity contribution is 8.26. The Hall–Kier alpha value is -2.23. The average molecular weight is 459 g/mol. The Balaban J connectivity index is 1.74. The number of amides is 1. The first kappa shape index (κ1) is 22.0. The van der Waals surface area contributed by atoms with Crippen molar-refractivity contribution in [2.75, 3.05) is 25.0 Å². The maximum absolute atomic E-state index is 13.4. The highest BCUT2D eigenvalue weighted by Gasteiger charge is 2.32. The second-order valence-corrected chi connectivity index (χ2v) is 9.44. The Kier molecular flexibility index (Phi) is 6.74. The second kappa shape index (κ2) is 9.50. The minimum atomic E-state index is -0.220. The van der Waals surface area contributed by atoms with Crippen molar-refractivity contribution in [1.29, 1.82) is 0 Å². The fourth-order valence-electron chi connectivity index (χ4n) is 3.73. The maximum atomic E-state index is 13.4.